The molecule has 3 aromatic rings. The zero-order valence-corrected chi connectivity index (χ0v) is 11.0. The Bertz CT molecular complexity index is 703. The van der Waals surface area contributed by atoms with Gasteiger partial charge in [-0.2, -0.15) is 0 Å². The number of benzene rings is 2. The average Bonchev–Trinajstić information content (AvgIpc) is 2.88. The molecule has 3 rings (SSSR count). The summed E-state index contributed by atoms with van der Waals surface area (Å²) in [5.74, 6) is 0.967. The molecule has 1 heterocycles. The largest absolute Gasteiger partial charge is 0.494 e. The lowest BCUT2D eigenvalue weighted by Gasteiger charge is -2.09. The molecule has 0 fully saturated rings. The molecular weight excluding hydrogens is 257 g/mol. The summed E-state index contributed by atoms with van der Waals surface area (Å²) in [4.78, 5) is 0. The van der Waals surface area contributed by atoms with Gasteiger partial charge in [0.25, 0.3) is 0 Å². The standard InChI is InChI=1S/C16H14FNO2/c1-19-16-9-12(17)6-7-14(16)18-10-13-8-11-4-2-3-5-15(11)20-13/h2-9,18H,10H2,1H3. The highest BCUT2D eigenvalue weighted by molar-refractivity contribution is 5.77. The third-order valence-electron chi connectivity index (χ3n) is 3.09. The highest BCUT2D eigenvalue weighted by Gasteiger charge is 2.06. The minimum absolute atomic E-state index is 0.323. The number of furan rings is 1. The van der Waals surface area contributed by atoms with Gasteiger partial charge in [-0.05, 0) is 24.3 Å². The van der Waals surface area contributed by atoms with E-state index >= 15 is 0 Å². The lowest BCUT2D eigenvalue weighted by Crippen LogP contribution is -2.00. The van der Waals surface area contributed by atoms with Gasteiger partial charge in [0, 0.05) is 11.5 Å². The molecule has 2 aromatic carbocycles. The summed E-state index contributed by atoms with van der Waals surface area (Å²) in [7, 11) is 1.52. The second kappa shape index (κ2) is 5.25. The second-order valence-electron chi connectivity index (χ2n) is 4.45. The molecule has 0 bridgehead atoms. The van der Waals surface area contributed by atoms with Crippen LogP contribution in [0.1, 0.15) is 5.76 Å². The third kappa shape index (κ3) is 2.45. The number of methoxy groups -OCH3 is 1. The fourth-order valence-electron chi connectivity index (χ4n) is 2.12. The summed E-state index contributed by atoms with van der Waals surface area (Å²) in [5, 5.41) is 4.25. The van der Waals surface area contributed by atoms with Crippen molar-refractivity contribution in [1.82, 2.24) is 0 Å². The molecule has 0 aliphatic rings. The molecule has 0 aliphatic carbocycles. The summed E-state index contributed by atoms with van der Waals surface area (Å²) >= 11 is 0. The van der Waals surface area contributed by atoms with Gasteiger partial charge in [0.1, 0.15) is 22.9 Å². The number of halogens is 1. The van der Waals surface area contributed by atoms with Crippen molar-refractivity contribution >= 4 is 16.7 Å². The van der Waals surface area contributed by atoms with Crippen molar-refractivity contribution in [1.29, 1.82) is 0 Å². The first-order chi connectivity index (χ1) is 9.76. The fraction of sp³-hybridized carbons (Fsp3) is 0.125. The van der Waals surface area contributed by atoms with Gasteiger partial charge in [0.05, 0.1) is 19.3 Å². The second-order valence-corrected chi connectivity index (χ2v) is 4.45. The molecule has 102 valence electrons. The quantitative estimate of drug-likeness (QED) is 0.772. The van der Waals surface area contributed by atoms with E-state index in [0.717, 1.165) is 22.4 Å². The molecule has 0 amide bonds. The van der Waals surface area contributed by atoms with Crippen LogP contribution in [0, 0.1) is 5.82 Å². The molecule has 3 nitrogen and oxygen atoms in total. The van der Waals surface area contributed by atoms with Crippen molar-refractivity contribution in [3.63, 3.8) is 0 Å². The summed E-state index contributed by atoms with van der Waals surface area (Å²) in [6.45, 7) is 0.511. The predicted octanol–water partition coefficient (Wildman–Crippen LogP) is 4.19. The lowest BCUT2D eigenvalue weighted by atomic mass is 10.2. The predicted molar refractivity (Wildman–Crippen MR) is 76.5 cm³/mol. The maximum Gasteiger partial charge on any atom is 0.144 e. The number of ether oxygens (including phenoxy) is 1. The summed E-state index contributed by atoms with van der Waals surface area (Å²) < 4.78 is 24.0. The van der Waals surface area contributed by atoms with Crippen LogP contribution in [-0.4, -0.2) is 7.11 Å². The molecule has 1 aromatic heterocycles. The van der Waals surface area contributed by atoms with Crippen molar-refractivity contribution in [2.45, 2.75) is 6.54 Å². The van der Waals surface area contributed by atoms with Gasteiger partial charge < -0.3 is 14.5 Å². The number of hydrogen-bond acceptors (Lipinski definition) is 3. The van der Waals surface area contributed by atoms with Crippen LogP contribution in [0.25, 0.3) is 11.0 Å². The molecule has 0 saturated heterocycles. The highest BCUT2D eigenvalue weighted by atomic mass is 19.1. The zero-order valence-electron chi connectivity index (χ0n) is 11.0. The van der Waals surface area contributed by atoms with E-state index in [1.54, 1.807) is 6.07 Å². The smallest absolute Gasteiger partial charge is 0.144 e. The van der Waals surface area contributed by atoms with E-state index in [1.807, 2.05) is 30.3 Å². The Morgan fingerprint density at radius 2 is 2.00 bits per heavy atom. The van der Waals surface area contributed by atoms with E-state index in [1.165, 1.54) is 19.2 Å². The van der Waals surface area contributed by atoms with Crippen LogP contribution in [0.5, 0.6) is 5.75 Å². The fourth-order valence-corrected chi connectivity index (χ4v) is 2.12. The molecule has 0 radical (unpaired) electrons. The van der Waals surface area contributed by atoms with E-state index in [0.29, 0.717) is 12.3 Å². The SMILES string of the molecule is COc1cc(F)ccc1NCc1cc2ccccc2o1. The molecule has 0 atom stereocenters. The number of para-hydroxylation sites is 1. The average molecular weight is 271 g/mol. The number of fused-ring (bicyclic) bond motifs is 1. The zero-order chi connectivity index (χ0) is 13.9. The van der Waals surface area contributed by atoms with E-state index in [2.05, 4.69) is 5.32 Å². The van der Waals surface area contributed by atoms with Gasteiger partial charge in [-0.15, -0.1) is 0 Å². The van der Waals surface area contributed by atoms with Gasteiger partial charge >= 0.3 is 0 Å². The van der Waals surface area contributed by atoms with E-state index in [-0.39, 0.29) is 5.82 Å². The number of hydrogen-bond donors (Lipinski definition) is 1. The molecule has 1 N–H and O–H groups in total. The Kier molecular flexibility index (Phi) is 3.29. The summed E-state index contributed by atoms with van der Waals surface area (Å²) in [6, 6.07) is 14.2. The van der Waals surface area contributed by atoms with E-state index in [9.17, 15) is 4.39 Å². The molecule has 0 spiro atoms. The first-order valence-electron chi connectivity index (χ1n) is 6.31. The minimum Gasteiger partial charge on any atom is -0.494 e. The molecule has 0 unspecified atom stereocenters. The van der Waals surface area contributed by atoms with E-state index in [4.69, 9.17) is 9.15 Å². The van der Waals surface area contributed by atoms with Crippen molar-refractivity contribution in [2.75, 3.05) is 12.4 Å². The molecule has 0 saturated carbocycles. The monoisotopic (exact) mass is 271 g/mol. The first-order valence-corrected chi connectivity index (χ1v) is 6.31. The van der Waals surface area contributed by atoms with Crippen LogP contribution < -0.4 is 10.1 Å². The van der Waals surface area contributed by atoms with Crippen LogP contribution in [0.15, 0.2) is 52.9 Å². The van der Waals surface area contributed by atoms with Crippen molar-refractivity contribution in [3.8, 4) is 5.75 Å². The maximum atomic E-state index is 13.1. The van der Waals surface area contributed by atoms with Crippen LogP contribution >= 0.6 is 0 Å². The van der Waals surface area contributed by atoms with Gasteiger partial charge in [-0.3, -0.25) is 0 Å². The van der Waals surface area contributed by atoms with Crippen molar-refractivity contribution in [3.05, 3.63) is 60.1 Å². The first kappa shape index (κ1) is 12.5. The Balaban J connectivity index is 1.79. The maximum absolute atomic E-state index is 13.1. The Hall–Kier alpha value is -2.49. The highest BCUT2D eigenvalue weighted by Crippen LogP contribution is 2.26. The van der Waals surface area contributed by atoms with Crippen LogP contribution in [0.4, 0.5) is 10.1 Å². The molecular formula is C16H14FNO2. The topological polar surface area (TPSA) is 34.4 Å². The third-order valence-corrected chi connectivity index (χ3v) is 3.09. The molecule has 4 heteroatoms. The van der Waals surface area contributed by atoms with Crippen LogP contribution in [0.3, 0.4) is 0 Å². The Morgan fingerprint density at radius 3 is 2.80 bits per heavy atom. The van der Waals surface area contributed by atoms with E-state index < -0.39 is 0 Å². The number of anilines is 1. The summed E-state index contributed by atoms with van der Waals surface area (Å²) in [5.41, 5.74) is 1.59. The summed E-state index contributed by atoms with van der Waals surface area (Å²) in [6.07, 6.45) is 0. The molecule has 20 heavy (non-hydrogen) atoms. The van der Waals surface area contributed by atoms with Crippen molar-refractivity contribution < 1.29 is 13.5 Å². The van der Waals surface area contributed by atoms with Gasteiger partial charge in [-0.1, -0.05) is 18.2 Å². The minimum atomic E-state index is -0.323. The van der Waals surface area contributed by atoms with Crippen LogP contribution in [0.2, 0.25) is 0 Å². The Morgan fingerprint density at radius 1 is 1.15 bits per heavy atom. The van der Waals surface area contributed by atoms with Gasteiger partial charge in [0.2, 0.25) is 0 Å². The van der Waals surface area contributed by atoms with Gasteiger partial charge in [0.15, 0.2) is 0 Å². The normalized spacial score (nSPS) is 10.7. The van der Waals surface area contributed by atoms with Gasteiger partial charge in [-0.25, -0.2) is 4.39 Å². The van der Waals surface area contributed by atoms with Crippen molar-refractivity contribution in [2.24, 2.45) is 0 Å². The molecule has 0 aliphatic heterocycles. The number of rotatable bonds is 4. The lowest BCUT2D eigenvalue weighted by molar-refractivity contribution is 0.413. The Labute approximate surface area is 116 Å². The van der Waals surface area contributed by atoms with Crippen LogP contribution in [-0.2, 0) is 6.54 Å². The number of nitrogens with one attached hydrogen (secondary N) is 1.